The number of aryl methyl sites for hydroxylation is 1. The van der Waals surface area contributed by atoms with Crippen molar-refractivity contribution >= 4 is 22.4 Å². The molecule has 0 spiro atoms. The average Bonchev–Trinajstić information content (AvgIpc) is 2.84. The van der Waals surface area contributed by atoms with E-state index in [0.29, 0.717) is 5.82 Å². The highest BCUT2D eigenvalue weighted by Crippen LogP contribution is 2.28. The molecule has 0 aliphatic rings. The molecule has 5 nitrogen and oxygen atoms in total. The van der Waals surface area contributed by atoms with Crippen molar-refractivity contribution in [2.75, 3.05) is 18.1 Å². The monoisotopic (exact) mass is 253 g/mol. The van der Waals surface area contributed by atoms with E-state index in [1.807, 2.05) is 44.7 Å². The fraction of sp³-hybridized carbons (Fsp3) is 0.143. The second-order valence-electron chi connectivity index (χ2n) is 4.48. The Balaban J connectivity index is 2.19. The third-order valence-electron chi connectivity index (χ3n) is 3.15. The Kier molecular flexibility index (Phi) is 2.59. The number of nitrogens with zero attached hydrogens (tertiary/aromatic N) is 3. The molecule has 5 heteroatoms. The second-order valence-corrected chi connectivity index (χ2v) is 4.48. The van der Waals surface area contributed by atoms with Crippen LogP contribution in [-0.2, 0) is 7.05 Å². The molecule has 3 N–H and O–H groups in total. The highest BCUT2D eigenvalue weighted by atomic mass is 15.2. The van der Waals surface area contributed by atoms with Crippen LogP contribution >= 0.6 is 0 Å². The highest BCUT2D eigenvalue weighted by molar-refractivity contribution is 5.95. The number of nitrogens with two attached hydrogens (primary N) is 1. The summed E-state index contributed by atoms with van der Waals surface area (Å²) in [6.07, 6.45) is 3.84. The Labute approximate surface area is 111 Å². The Morgan fingerprint density at radius 1 is 1.21 bits per heavy atom. The van der Waals surface area contributed by atoms with E-state index >= 15 is 0 Å². The molecule has 3 rings (SSSR count). The largest absolute Gasteiger partial charge is 0.383 e. The zero-order chi connectivity index (χ0) is 13.4. The van der Waals surface area contributed by atoms with Crippen LogP contribution in [0, 0.1) is 0 Å². The number of rotatable bonds is 2. The van der Waals surface area contributed by atoms with Gasteiger partial charge in [-0.3, -0.25) is 4.68 Å². The molecule has 0 bridgehead atoms. The molecule has 2 aromatic heterocycles. The molecular weight excluding hydrogens is 238 g/mol. The lowest BCUT2D eigenvalue weighted by atomic mass is 10.0. The average molecular weight is 253 g/mol. The number of anilines is 2. The Hall–Kier alpha value is -2.56. The van der Waals surface area contributed by atoms with Crippen LogP contribution in [0.1, 0.15) is 0 Å². The van der Waals surface area contributed by atoms with E-state index < -0.39 is 0 Å². The SMILES string of the molecule is CNc1cc2cc(-c3cnn(C)c3)ccc2c(N)n1. The first-order valence-electron chi connectivity index (χ1n) is 6.04. The highest BCUT2D eigenvalue weighted by Gasteiger charge is 2.06. The van der Waals surface area contributed by atoms with Gasteiger partial charge in [-0.2, -0.15) is 5.10 Å². The summed E-state index contributed by atoms with van der Waals surface area (Å²) in [5.41, 5.74) is 8.17. The number of nitrogens with one attached hydrogen (secondary N) is 1. The van der Waals surface area contributed by atoms with Crippen LogP contribution in [0.15, 0.2) is 36.7 Å². The zero-order valence-corrected chi connectivity index (χ0v) is 10.9. The third kappa shape index (κ3) is 1.99. The predicted octanol–water partition coefficient (Wildman–Crippen LogP) is 2.26. The smallest absolute Gasteiger partial charge is 0.133 e. The van der Waals surface area contributed by atoms with E-state index in [2.05, 4.69) is 21.5 Å². The molecule has 2 heterocycles. The minimum absolute atomic E-state index is 0.541. The Morgan fingerprint density at radius 3 is 2.74 bits per heavy atom. The third-order valence-corrected chi connectivity index (χ3v) is 3.15. The van der Waals surface area contributed by atoms with Gasteiger partial charge in [0.2, 0.25) is 0 Å². The molecule has 19 heavy (non-hydrogen) atoms. The van der Waals surface area contributed by atoms with Crippen molar-refractivity contribution < 1.29 is 0 Å². The van der Waals surface area contributed by atoms with Gasteiger partial charge in [0.25, 0.3) is 0 Å². The fourth-order valence-corrected chi connectivity index (χ4v) is 2.16. The summed E-state index contributed by atoms with van der Waals surface area (Å²) in [6.45, 7) is 0. The van der Waals surface area contributed by atoms with Gasteiger partial charge in [-0.1, -0.05) is 12.1 Å². The second kappa shape index (κ2) is 4.28. The number of hydrogen-bond acceptors (Lipinski definition) is 4. The van der Waals surface area contributed by atoms with Gasteiger partial charge in [0.05, 0.1) is 6.20 Å². The number of fused-ring (bicyclic) bond motifs is 1. The molecule has 0 aliphatic heterocycles. The lowest BCUT2D eigenvalue weighted by Gasteiger charge is -2.07. The van der Waals surface area contributed by atoms with Crippen LogP contribution in [0.4, 0.5) is 11.6 Å². The predicted molar refractivity (Wildman–Crippen MR) is 77.9 cm³/mol. The Bertz CT molecular complexity index is 745. The molecule has 3 aromatic rings. The summed E-state index contributed by atoms with van der Waals surface area (Å²) in [5, 5.41) is 9.24. The molecule has 0 aliphatic carbocycles. The van der Waals surface area contributed by atoms with Gasteiger partial charge in [0.1, 0.15) is 11.6 Å². The van der Waals surface area contributed by atoms with E-state index in [9.17, 15) is 0 Å². The maximum atomic E-state index is 5.96. The van der Waals surface area contributed by atoms with Crippen LogP contribution in [0.5, 0.6) is 0 Å². The van der Waals surface area contributed by atoms with Gasteiger partial charge in [-0.25, -0.2) is 4.98 Å². The maximum Gasteiger partial charge on any atom is 0.133 e. The summed E-state index contributed by atoms with van der Waals surface area (Å²) in [6, 6.07) is 8.13. The summed E-state index contributed by atoms with van der Waals surface area (Å²) in [7, 11) is 3.74. The standard InChI is InChI=1S/C14H15N5/c1-16-13-6-10-5-9(11-7-17-19(2)8-11)3-4-12(10)14(15)18-13/h3-8H,1-2H3,(H3,15,16,18). The first-order chi connectivity index (χ1) is 9.17. The van der Waals surface area contributed by atoms with Crippen LogP contribution in [-0.4, -0.2) is 21.8 Å². The fourth-order valence-electron chi connectivity index (χ4n) is 2.16. The molecular formula is C14H15N5. The van der Waals surface area contributed by atoms with Crippen molar-refractivity contribution in [3.05, 3.63) is 36.7 Å². The number of nitrogen functional groups attached to an aromatic ring is 1. The van der Waals surface area contributed by atoms with Gasteiger partial charge in [-0.15, -0.1) is 0 Å². The van der Waals surface area contributed by atoms with Crippen LogP contribution < -0.4 is 11.1 Å². The number of hydrogen-bond donors (Lipinski definition) is 2. The van der Waals surface area contributed by atoms with E-state index in [-0.39, 0.29) is 0 Å². The number of pyridine rings is 1. The molecule has 0 fully saturated rings. The van der Waals surface area contributed by atoms with Crippen molar-refractivity contribution in [1.82, 2.24) is 14.8 Å². The van der Waals surface area contributed by atoms with Crippen molar-refractivity contribution in [3.63, 3.8) is 0 Å². The number of benzene rings is 1. The molecule has 1 aromatic carbocycles. The van der Waals surface area contributed by atoms with Crippen molar-refractivity contribution in [1.29, 1.82) is 0 Å². The molecule has 0 saturated carbocycles. The van der Waals surface area contributed by atoms with Gasteiger partial charge in [0, 0.05) is 31.2 Å². The minimum Gasteiger partial charge on any atom is -0.383 e. The lowest BCUT2D eigenvalue weighted by Crippen LogP contribution is -1.97. The van der Waals surface area contributed by atoms with Gasteiger partial charge in [-0.05, 0) is 23.1 Å². The molecule has 96 valence electrons. The van der Waals surface area contributed by atoms with Gasteiger partial charge in [0.15, 0.2) is 0 Å². The topological polar surface area (TPSA) is 68.8 Å². The molecule has 0 amide bonds. The summed E-state index contributed by atoms with van der Waals surface area (Å²) in [5.74, 6) is 1.31. The van der Waals surface area contributed by atoms with Crippen molar-refractivity contribution in [3.8, 4) is 11.1 Å². The first-order valence-corrected chi connectivity index (χ1v) is 6.04. The van der Waals surface area contributed by atoms with E-state index in [1.165, 1.54) is 0 Å². The number of aromatic nitrogens is 3. The van der Waals surface area contributed by atoms with Crippen LogP contribution in [0.2, 0.25) is 0 Å². The van der Waals surface area contributed by atoms with Crippen LogP contribution in [0.25, 0.3) is 21.9 Å². The van der Waals surface area contributed by atoms with E-state index in [1.54, 1.807) is 4.68 Å². The first kappa shape index (κ1) is 11.5. The van der Waals surface area contributed by atoms with Crippen LogP contribution in [0.3, 0.4) is 0 Å². The quantitative estimate of drug-likeness (QED) is 0.735. The van der Waals surface area contributed by atoms with Crippen molar-refractivity contribution in [2.45, 2.75) is 0 Å². The van der Waals surface area contributed by atoms with E-state index in [0.717, 1.165) is 27.7 Å². The Morgan fingerprint density at radius 2 is 2.05 bits per heavy atom. The molecule has 0 atom stereocenters. The zero-order valence-electron chi connectivity index (χ0n) is 10.9. The summed E-state index contributed by atoms with van der Waals surface area (Å²) in [4.78, 5) is 4.28. The van der Waals surface area contributed by atoms with E-state index in [4.69, 9.17) is 5.73 Å². The summed E-state index contributed by atoms with van der Waals surface area (Å²) >= 11 is 0. The lowest BCUT2D eigenvalue weighted by molar-refractivity contribution is 0.768. The summed E-state index contributed by atoms with van der Waals surface area (Å²) < 4.78 is 1.79. The minimum atomic E-state index is 0.541. The van der Waals surface area contributed by atoms with Gasteiger partial charge < -0.3 is 11.1 Å². The van der Waals surface area contributed by atoms with Gasteiger partial charge >= 0.3 is 0 Å². The molecule has 0 saturated heterocycles. The molecule has 0 radical (unpaired) electrons. The molecule has 0 unspecified atom stereocenters. The van der Waals surface area contributed by atoms with Crippen molar-refractivity contribution in [2.24, 2.45) is 7.05 Å². The maximum absolute atomic E-state index is 5.96. The normalized spacial score (nSPS) is 10.8.